The summed E-state index contributed by atoms with van der Waals surface area (Å²) in [6.45, 7) is 3.94. The van der Waals surface area contributed by atoms with E-state index in [0.717, 1.165) is 5.56 Å². The van der Waals surface area contributed by atoms with E-state index in [0.29, 0.717) is 33.8 Å². The van der Waals surface area contributed by atoms with Crippen LogP contribution in [0.3, 0.4) is 0 Å². The van der Waals surface area contributed by atoms with Crippen molar-refractivity contribution in [3.8, 4) is 22.4 Å². The number of para-hydroxylation sites is 1. The molecule has 0 bridgehead atoms. The van der Waals surface area contributed by atoms with E-state index in [1.165, 1.54) is 12.1 Å². The van der Waals surface area contributed by atoms with Gasteiger partial charge >= 0.3 is 5.97 Å². The second-order valence-electron chi connectivity index (χ2n) is 10.0. The number of carbonyl (C=O) groups is 2. The van der Waals surface area contributed by atoms with Crippen LogP contribution in [-0.4, -0.2) is 44.0 Å². The molecule has 3 aromatic carbocycles. The van der Waals surface area contributed by atoms with Crippen LogP contribution >= 0.6 is 0 Å². The first kappa shape index (κ1) is 26.9. The lowest BCUT2D eigenvalue weighted by molar-refractivity contribution is -0.139. The monoisotopic (exact) mass is 560 g/mol. The number of aromatic nitrogens is 1. The minimum Gasteiger partial charge on any atom is -0.481 e. The summed E-state index contributed by atoms with van der Waals surface area (Å²) in [5.74, 6) is -2.58. The van der Waals surface area contributed by atoms with E-state index in [4.69, 9.17) is 7.85 Å². The Morgan fingerprint density at radius 1 is 0.902 bits per heavy atom. The van der Waals surface area contributed by atoms with Gasteiger partial charge in [0.25, 0.3) is 5.91 Å². The third-order valence-corrected chi connectivity index (χ3v) is 6.67. The van der Waals surface area contributed by atoms with Crippen LogP contribution in [0.5, 0.6) is 0 Å². The summed E-state index contributed by atoms with van der Waals surface area (Å²) in [6.07, 6.45) is -7.12. The van der Waals surface area contributed by atoms with Crippen LogP contribution in [0.2, 0.25) is 0 Å². The quantitative estimate of drug-likeness (QED) is 0.162. The molecule has 0 spiro atoms. The molecule has 41 heavy (non-hydrogen) atoms. The zero-order valence-electron chi connectivity index (χ0n) is 24.9. The Morgan fingerprint density at radius 3 is 2.10 bits per heavy atom. The third-order valence-electron chi connectivity index (χ3n) is 6.67. The molecule has 4 atom stereocenters. The first-order valence-electron chi connectivity index (χ1n) is 14.5. The third kappa shape index (κ3) is 7.28. The first-order valence-corrected chi connectivity index (χ1v) is 13.4. The van der Waals surface area contributed by atoms with E-state index >= 15 is 0 Å². The fourth-order valence-electron chi connectivity index (χ4n) is 5.00. The van der Waals surface area contributed by atoms with Crippen molar-refractivity contribution >= 4 is 17.6 Å². The van der Waals surface area contributed by atoms with Gasteiger partial charge in [0, 0.05) is 26.2 Å². The summed E-state index contributed by atoms with van der Waals surface area (Å²) in [6, 6.07) is 24.2. The zero-order chi connectivity index (χ0) is 31.3. The Labute approximate surface area is 241 Å². The molecule has 1 heterocycles. The number of aliphatic hydroxyl groups excluding tert-OH is 2. The second-order valence-corrected chi connectivity index (χ2v) is 10.0. The molecule has 0 fully saturated rings. The summed E-state index contributed by atoms with van der Waals surface area (Å²) < 4.78 is 31.8. The Bertz CT molecular complexity index is 1550. The van der Waals surface area contributed by atoms with Crippen molar-refractivity contribution in [2.45, 2.75) is 57.7 Å². The molecule has 0 aliphatic heterocycles. The maximum Gasteiger partial charge on any atom is 0.305 e. The Morgan fingerprint density at radius 2 is 1.51 bits per heavy atom. The van der Waals surface area contributed by atoms with Crippen LogP contribution in [0, 0.1) is 5.82 Å². The largest absolute Gasteiger partial charge is 0.481 e. The summed E-state index contributed by atoms with van der Waals surface area (Å²) in [5, 5.41) is 33.1. The maximum atomic E-state index is 14.1. The van der Waals surface area contributed by atoms with Crippen molar-refractivity contribution in [1.29, 1.82) is 0 Å². The van der Waals surface area contributed by atoms with Gasteiger partial charge in [0.2, 0.25) is 0 Å². The van der Waals surface area contributed by atoms with Gasteiger partial charge in [0.05, 0.1) is 29.9 Å². The molecular formula is C33H35FN2O5. The first-order chi connectivity index (χ1) is 20.5. The topological polar surface area (TPSA) is 112 Å². The lowest BCUT2D eigenvalue weighted by Crippen LogP contribution is -2.22. The summed E-state index contributed by atoms with van der Waals surface area (Å²) >= 11 is 0. The number of aliphatic carboxylic acids is 1. The predicted octanol–water partition coefficient (Wildman–Crippen LogP) is 6.31. The summed E-state index contributed by atoms with van der Waals surface area (Å²) in [5.41, 5.74) is 4.22. The molecule has 0 aliphatic carbocycles. The molecule has 4 rings (SSSR count). The number of benzene rings is 3. The average molecular weight is 561 g/mol. The van der Waals surface area contributed by atoms with Crippen LogP contribution in [0.1, 0.15) is 57.8 Å². The van der Waals surface area contributed by atoms with Gasteiger partial charge in [-0.1, -0.05) is 62.4 Å². The molecule has 4 aromatic rings. The minimum atomic E-state index is -1.98. The van der Waals surface area contributed by atoms with E-state index in [9.17, 15) is 24.2 Å². The molecule has 4 N–H and O–H groups in total. The van der Waals surface area contributed by atoms with E-state index in [1.807, 2.05) is 66.9 Å². The molecular weight excluding hydrogens is 523 g/mol. The van der Waals surface area contributed by atoms with Crippen LogP contribution in [0.4, 0.5) is 10.1 Å². The molecule has 8 heteroatoms. The highest BCUT2D eigenvalue weighted by Crippen LogP contribution is 2.42. The van der Waals surface area contributed by atoms with Crippen LogP contribution in [0.25, 0.3) is 22.4 Å². The molecule has 1 aromatic heterocycles. The second kappa shape index (κ2) is 13.4. The number of hydrogen-bond acceptors (Lipinski definition) is 4. The van der Waals surface area contributed by atoms with E-state index in [2.05, 4.69) is 5.32 Å². The number of anilines is 1. The van der Waals surface area contributed by atoms with Crippen molar-refractivity contribution in [2.75, 3.05) is 5.32 Å². The van der Waals surface area contributed by atoms with Gasteiger partial charge in [0.15, 0.2) is 0 Å². The molecule has 7 nitrogen and oxygen atoms in total. The number of nitrogens with zero attached hydrogens (tertiary/aromatic N) is 1. The summed E-state index contributed by atoms with van der Waals surface area (Å²) in [7, 11) is 0. The molecule has 0 saturated carbocycles. The van der Waals surface area contributed by atoms with E-state index in [-0.39, 0.29) is 24.8 Å². The summed E-state index contributed by atoms with van der Waals surface area (Å²) in [4.78, 5) is 25.3. The smallest absolute Gasteiger partial charge is 0.305 e. The van der Waals surface area contributed by atoms with Gasteiger partial charge in [-0.3, -0.25) is 9.59 Å². The highest BCUT2D eigenvalue weighted by Gasteiger charge is 2.31. The van der Waals surface area contributed by atoms with Crippen molar-refractivity contribution in [2.24, 2.45) is 0 Å². The predicted molar refractivity (Wildman–Crippen MR) is 157 cm³/mol. The minimum absolute atomic E-state index is 0.0810. The number of nitrogens with one attached hydrogen (secondary N) is 1. The molecule has 214 valence electrons. The highest BCUT2D eigenvalue weighted by atomic mass is 19.1. The number of halogens is 1. The van der Waals surface area contributed by atoms with E-state index < -0.39 is 36.8 Å². The molecule has 1 amide bonds. The lowest BCUT2D eigenvalue weighted by Gasteiger charge is -2.20. The van der Waals surface area contributed by atoms with Gasteiger partial charge in [-0.15, -0.1) is 0 Å². The highest BCUT2D eigenvalue weighted by molar-refractivity contribution is 6.12. The van der Waals surface area contributed by atoms with Gasteiger partial charge in [-0.25, -0.2) is 4.39 Å². The van der Waals surface area contributed by atoms with Gasteiger partial charge in [0.1, 0.15) is 5.82 Å². The fourth-order valence-corrected chi connectivity index (χ4v) is 5.00. The van der Waals surface area contributed by atoms with Crippen molar-refractivity contribution in [1.82, 2.24) is 4.57 Å². The standard InChI is InChI=1S/C33H35FN2O5/c1-21(2)31-30(33(41)35-25-11-7-4-8-12-25)29(22-9-5-3-6-10-22)32(23-13-15-24(34)16-14-23)36(31)18-17-26(37)19-27(38)20-28(39)40/h3-16,21,26-27,37-38H,17-20H2,1-2H3,(H,35,41)(H,39,40)/t26-,27-/m0/s1/i19D,20D/t19?,20?,26-,27-. The molecule has 0 radical (unpaired) electrons. The fraction of sp³-hybridized carbons (Fsp3) is 0.273. The molecule has 2 unspecified atom stereocenters. The normalized spacial score (nSPS) is 15.0. The number of hydrogen-bond donors (Lipinski definition) is 4. The zero-order valence-corrected chi connectivity index (χ0v) is 22.9. The number of carboxylic acids is 1. The number of carboxylic acid groups (broad SMARTS) is 1. The van der Waals surface area contributed by atoms with Gasteiger partial charge in [-0.05, 0) is 66.3 Å². The maximum absolute atomic E-state index is 14.1. The van der Waals surface area contributed by atoms with Crippen molar-refractivity contribution in [3.63, 3.8) is 0 Å². The average Bonchev–Trinajstić information content (AvgIpc) is 3.35. The molecule has 0 saturated heterocycles. The number of carbonyl (C=O) groups excluding carboxylic acids is 1. The van der Waals surface area contributed by atoms with Gasteiger partial charge < -0.3 is 25.2 Å². The lowest BCUT2D eigenvalue weighted by atomic mass is 9.94. The Balaban J connectivity index is 1.90. The van der Waals surface area contributed by atoms with E-state index in [1.54, 1.807) is 24.3 Å². The Kier molecular flexibility index (Phi) is 8.79. The SMILES string of the molecule is [2H]C(C(=O)O)[C@@H](O)C([2H])[C@@H](O)CCn1c(-c2ccc(F)cc2)c(-c2ccccc2)c(C(=O)Nc2ccccc2)c1C(C)C. The van der Waals surface area contributed by atoms with Gasteiger partial charge in [-0.2, -0.15) is 0 Å². The van der Waals surface area contributed by atoms with Crippen LogP contribution < -0.4 is 5.32 Å². The van der Waals surface area contributed by atoms with Crippen LogP contribution in [-0.2, 0) is 11.3 Å². The number of aliphatic hydroxyl groups is 2. The van der Waals surface area contributed by atoms with Crippen molar-refractivity contribution < 1.29 is 32.0 Å². The van der Waals surface area contributed by atoms with Crippen molar-refractivity contribution in [3.05, 3.63) is 102 Å². The van der Waals surface area contributed by atoms with Crippen LogP contribution in [0.15, 0.2) is 84.9 Å². The molecule has 0 aliphatic rings. The number of amides is 1. The Hall–Kier alpha value is -4.27. The number of rotatable bonds is 12.